The summed E-state index contributed by atoms with van der Waals surface area (Å²) >= 11 is 0. The monoisotopic (exact) mass is 267 g/mol. The van der Waals surface area contributed by atoms with Gasteiger partial charge in [0.2, 0.25) is 17.1 Å². The molecular formula is C13H17NO5. The minimum absolute atomic E-state index is 0.164. The molecule has 2 saturated heterocycles. The molecule has 3 bridgehead atoms. The van der Waals surface area contributed by atoms with E-state index in [4.69, 9.17) is 9.57 Å². The topological polar surface area (TPSA) is 72.9 Å². The molecular weight excluding hydrogens is 250 g/mol. The molecule has 0 amide bonds. The molecule has 104 valence electrons. The van der Waals surface area contributed by atoms with E-state index in [1.165, 1.54) is 5.06 Å². The fraction of sp³-hybridized carbons (Fsp3) is 0.769. The number of ketones is 2. The van der Waals surface area contributed by atoms with Crippen LogP contribution in [0.5, 0.6) is 0 Å². The average Bonchev–Trinajstić information content (AvgIpc) is 2.96. The normalized spacial score (nSPS) is 40.2. The highest BCUT2D eigenvalue weighted by Gasteiger charge is 2.82. The molecule has 3 fully saturated rings. The van der Waals surface area contributed by atoms with Crippen LogP contribution in [0, 0.1) is 5.92 Å². The van der Waals surface area contributed by atoms with E-state index in [0.29, 0.717) is 25.9 Å². The van der Waals surface area contributed by atoms with Gasteiger partial charge in [-0.05, 0) is 33.1 Å². The van der Waals surface area contributed by atoms with E-state index in [2.05, 4.69) is 0 Å². The standard InChI is InChI=1S/C13H17NO5/c1-3-18-11(17)13-8-5-6-12(7-8,9(15)10(13)16)14(13)19-4-2/h8H,3-7H2,1-2H3. The minimum Gasteiger partial charge on any atom is -0.464 e. The maximum atomic E-state index is 12.4. The van der Waals surface area contributed by atoms with Crippen LogP contribution in [-0.4, -0.2) is 46.9 Å². The van der Waals surface area contributed by atoms with E-state index in [9.17, 15) is 14.4 Å². The highest BCUT2D eigenvalue weighted by atomic mass is 16.7. The number of ether oxygens (including phenoxy) is 1. The molecule has 2 heterocycles. The molecule has 0 radical (unpaired) electrons. The number of hydrogen-bond donors (Lipinski definition) is 0. The van der Waals surface area contributed by atoms with Gasteiger partial charge in [0.1, 0.15) is 5.54 Å². The quantitative estimate of drug-likeness (QED) is 0.413. The number of carbonyl (C=O) groups excluding carboxylic acids is 3. The first-order chi connectivity index (χ1) is 9.05. The second-order valence-corrected chi connectivity index (χ2v) is 5.33. The number of piperidine rings is 1. The maximum absolute atomic E-state index is 12.4. The molecule has 1 spiro atoms. The second-order valence-electron chi connectivity index (χ2n) is 5.33. The molecule has 0 N–H and O–H groups in total. The predicted molar refractivity (Wildman–Crippen MR) is 62.9 cm³/mol. The van der Waals surface area contributed by atoms with Crippen molar-refractivity contribution in [1.82, 2.24) is 5.06 Å². The highest BCUT2D eigenvalue weighted by molar-refractivity contribution is 6.51. The predicted octanol–water partition coefficient (Wildman–Crippen LogP) is 0.246. The summed E-state index contributed by atoms with van der Waals surface area (Å²) in [6.07, 6.45) is 1.81. The van der Waals surface area contributed by atoms with Gasteiger partial charge in [0, 0.05) is 5.92 Å². The summed E-state index contributed by atoms with van der Waals surface area (Å²) in [6.45, 7) is 3.96. The fourth-order valence-corrected chi connectivity index (χ4v) is 3.97. The molecule has 0 aromatic carbocycles. The Balaban J connectivity index is 2.11. The summed E-state index contributed by atoms with van der Waals surface area (Å²) in [5.74, 6) is -1.93. The lowest BCUT2D eigenvalue weighted by Crippen LogP contribution is -2.60. The zero-order valence-corrected chi connectivity index (χ0v) is 11.1. The summed E-state index contributed by atoms with van der Waals surface area (Å²) in [6, 6.07) is 0. The number of fused-ring (bicyclic) bond motifs is 3. The Morgan fingerprint density at radius 1 is 1.32 bits per heavy atom. The third-order valence-electron chi connectivity index (χ3n) is 4.61. The third kappa shape index (κ3) is 1.17. The smallest absolute Gasteiger partial charge is 0.337 e. The zero-order chi connectivity index (χ0) is 13.8. The van der Waals surface area contributed by atoms with Crippen molar-refractivity contribution in [3.8, 4) is 0 Å². The molecule has 2 aliphatic heterocycles. The van der Waals surface area contributed by atoms with Crippen LogP contribution in [0.2, 0.25) is 0 Å². The van der Waals surface area contributed by atoms with Crippen molar-refractivity contribution in [3.63, 3.8) is 0 Å². The van der Waals surface area contributed by atoms with Gasteiger partial charge in [0.15, 0.2) is 0 Å². The van der Waals surface area contributed by atoms with E-state index in [1.807, 2.05) is 0 Å². The Morgan fingerprint density at radius 2 is 2.05 bits per heavy atom. The molecule has 1 aliphatic carbocycles. The first-order valence-electron chi connectivity index (χ1n) is 6.75. The van der Waals surface area contributed by atoms with E-state index >= 15 is 0 Å². The van der Waals surface area contributed by atoms with Crippen LogP contribution in [0.15, 0.2) is 0 Å². The van der Waals surface area contributed by atoms with Gasteiger partial charge in [-0.1, -0.05) is 0 Å². The van der Waals surface area contributed by atoms with E-state index in [-0.39, 0.29) is 12.5 Å². The maximum Gasteiger partial charge on any atom is 0.337 e. The molecule has 6 nitrogen and oxygen atoms in total. The average molecular weight is 267 g/mol. The van der Waals surface area contributed by atoms with Gasteiger partial charge < -0.3 is 4.74 Å². The Hall–Kier alpha value is -1.27. The lowest BCUT2D eigenvalue weighted by molar-refractivity contribution is -0.243. The van der Waals surface area contributed by atoms with Gasteiger partial charge in [-0.15, -0.1) is 5.06 Å². The van der Waals surface area contributed by atoms with Gasteiger partial charge in [-0.3, -0.25) is 14.4 Å². The highest BCUT2D eigenvalue weighted by Crippen LogP contribution is 2.62. The van der Waals surface area contributed by atoms with Gasteiger partial charge >= 0.3 is 5.97 Å². The van der Waals surface area contributed by atoms with Crippen LogP contribution in [0.3, 0.4) is 0 Å². The van der Waals surface area contributed by atoms with Gasteiger partial charge in [-0.2, -0.15) is 0 Å². The van der Waals surface area contributed by atoms with Gasteiger partial charge in [0.05, 0.1) is 13.2 Å². The van der Waals surface area contributed by atoms with Gasteiger partial charge in [-0.25, -0.2) is 4.79 Å². The Bertz CT molecular complexity index is 476. The first kappa shape index (κ1) is 12.7. The number of nitrogens with zero attached hydrogens (tertiary/aromatic N) is 1. The van der Waals surface area contributed by atoms with Crippen LogP contribution in [0.4, 0.5) is 0 Å². The van der Waals surface area contributed by atoms with E-state index in [1.54, 1.807) is 13.8 Å². The van der Waals surface area contributed by atoms with E-state index < -0.39 is 28.6 Å². The number of hydroxylamine groups is 2. The van der Waals surface area contributed by atoms with Crippen molar-refractivity contribution in [2.45, 2.75) is 44.2 Å². The van der Waals surface area contributed by atoms with Crippen molar-refractivity contribution in [2.24, 2.45) is 5.92 Å². The van der Waals surface area contributed by atoms with Crippen molar-refractivity contribution in [2.75, 3.05) is 13.2 Å². The largest absolute Gasteiger partial charge is 0.464 e. The molecule has 6 heteroatoms. The number of Topliss-reactive ketones (excluding diaryl/α,β-unsaturated/α-hetero) is 2. The third-order valence-corrected chi connectivity index (χ3v) is 4.61. The van der Waals surface area contributed by atoms with Gasteiger partial charge in [0.25, 0.3) is 0 Å². The van der Waals surface area contributed by atoms with Crippen LogP contribution in [0.25, 0.3) is 0 Å². The van der Waals surface area contributed by atoms with Crippen molar-refractivity contribution < 1.29 is 24.0 Å². The fourth-order valence-electron chi connectivity index (χ4n) is 3.97. The Labute approximate surface area is 111 Å². The van der Waals surface area contributed by atoms with Crippen molar-refractivity contribution >= 4 is 17.5 Å². The molecule has 1 saturated carbocycles. The Kier molecular flexibility index (Phi) is 2.59. The molecule has 3 unspecified atom stereocenters. The number of rotatable bonds is 4. The minimum atomic E-state index is -1.51. The molecule has 0 aromatic heterocycles. The SMILES string of the molecule is CCOC(=O)C12C(=O)C(=O)C3(CCC1C3)N2OCC. The molecule has 3 rings (SSSR count). The van der Waals surface area contributed by atoms with Crippen LogP contribution in [-0.2, 0) is 24.0 Å². The molecule has 19 heavy (non-hydrogen) atoms. The second kappa shape index (κ2) is 3.86. The lowest BCUT2D eigenvalue weighted by Gasteiger charge is -2.38. The number of esters is 1. The summed E-state index contributed by atoms with van der Waals surface area (Å²) in [7, 11) is 0. The van der Waals surface area contributed by atoms with Crippen LogP contribution < -0.4 is 0 Å². The summed E-state index contributed by atoms with van der Waals surface area (Å²) in [4.78, 5) is 42.5. The van der Waals surface area contributed by atoms with Crippen LogP contribution >= 0.6 is 0 Å². The molecule has 3 aliphatic rings. The number of carbonyl (C=O) groups is 3. The first-order valence-corrected chi connectivity index (χ1v) is 6.75. The number of hydrogen-bond acceptors (Lipinski definition) is 6. The van der Waals surface area contributed by atoms with Crippen molar-refractivity contribution in [1.29, 1.82) is 0 Å². The summed E-state index contributed by atoms with van der Waals surface area (Å²) in [5.41, 5.74) is -2.42. The van der Waals surface area contributed by atoms with Crippen LogP contribution in [0.1, 0.15) is 33.1 Å². The Morgan fingerprint density at radius 3 is 2.68 bits per heavy atom. The summed E-state index contributed by atoms with van der Waals surface area (Å²) < 4.78 is 5.06. The molecule has 0 aromatic rings. The van der Waals surface area contributed by atoms with Crippen molar-refractivity contribution in [3.05, 3.63) is 0 Å². The van der Waals surface area contributed by atoms with E-state index in [0.717, 1.165) is 0 Å². The zero-order valence-electron chi connectivity index (χ0n) is 11.1. The molecule has 3 atom stereocenters. The summed E-state index contributed by atoms with van der Waals surface area (Å²) in [5, 5.41) is 1.37. The lowest BCUT2D eigenvalue weighted by atomic mass is 9.77.